The highest BCUT2D eigenvalue weighted by molar-refractivity contribution is 7.80. The smallest absolute Gasteiger partial charge is 0.414 e. The minimum absolute atomic E-state index is 0.207. The number of rotatable bonds is 4. The number of nitrogens with zero attached hydrogens (tertiary/aromatic N) is 3. The van der Waals surface area contributed by atoms with Crippen molar-refractivity contribution in [2.45, 2.75) is 13.0 Å². The first-order chi connectivity index (χ1) is 11.5. The Kier molecular flexibility index (Phi) is 4.88. The van der Waals surface area contributed by atoms with Gasteiger partial charge >= 0.3 is 6.09 Å². The molecule has 24 heavy (non-hydrogen) atoms. The molecule has 1 unspecified atom stereocenters. The van der Waals surface area contributed by atoms with E-state index >= 15 is 0 Å². The lowest BCUT2D eigenvalue weighted by molar-refractivity contribution is 0.143. The number of carbonyl (C=O) groups excluding carboxylic acids is 1. The molecule has 2 heterocycles. The van der Waals surface area contributed by atoms with Gasteiger partial charge in [-0.1, -0.05) is 40.6 Å². The van der Waals surface area contributed by atoms with Crippen LogP contribution in [0.3, 0.4) is 0 Å². The maximum absolute atomic E-state index is 12.1. The maximum Gasteiger partial charge on any atom is 0.414 e. The normalized spacial score (nSPS) is 17.0. The van der Waals surface area contributed by atoms with Crippen molar-refractivity contribution in [2.24, 2.45) is 0 Å². The minimum atomic E-state index is -0.471. The van der Waals surface area contributed by atoms with Crippen LogP contribution in [0.5, 0.6) is 0 Å². The summed E-state index contributed by atoms with van der Waals surface area (Å²) in [7, 11) is 0. The van der Waals surface area contributed by atoms with Crippen molar-refractivity contribution in [1.29, 1.82) is 0 Å². The van der Waals surface area contributed by atoms with E-state index in [1.165, 1.54) is 11.2 Å². The second-order valence-corrected chi connectivity index (χ2v) is 6.51. The van der Waals surface area contributed by atoms with Crippen molar-refractivity contribution in [3.05, 3.63) is 28.5 Å². The van der Waals surface area contributed by atoms with Crippen LogP contribution in [0.25, 0.3) is 11.5 Å². The molecule has 10 heteroatoms. The van der Waals surface area contributed by atoms with Crippen LogP contribution in [0.1, 0.15) is 6.92 Å². The van der Waals surface area contributed by atoms with E-state index in [2.05, 4.69) is 15.5 Å². The van der Waals surface area contributed by atoms with Crippen LogP contribution < -0.4 is 10.2 Å². The van der Waals surface area contributed by atoms with Crippen molar-refractivity contribution in [1.82, 2.24) is 15.5 Å². The first-order valence-electron chi connectivity index (χ1n) is 6.94. The van der Waals surface area contributed by atoms with E-state index in [0.29, 0.717) is 39.4 Å². The molecule has 0 saturated carbocycles. The molecule has 0 radical (unpaired) electrons. The molecule has 1 aliphatic heterocycles. The van der Waals surface area contributed by atoms with Gasteiger partial charge in [0.1, 0.15) is 6.10 Å². The van der Waals surface area contributed by atoms with E-state index in [0.717, 1.165) is 0 Å². The van der Waals surface area contributed by atoms with Crippen molar-refractivity contribution in [3.8, 4) is 11.5 Å². The molecule has 1 fully saturated rings. The molecule has 0 aliphatic carbocycles. The Bertz CT molecular complexity index is 761. The molecule has 2 aromatic rings. The van der Waals surface area contributed by atoms with Crippen LogP contribution in [-0.4, -0.2) is 40.4 Å². The number of anilines is 1. The molecule has 1 aromatic heterocycles. The van der Waals surface area contributed by atoms with Gasteiger partial charge in [-0.25, -0.2) is 4.79 Å². The van der Waals surface area contributed by atoms with Gasteiger partial charge in [-0.15, -0.1) is 0 Å². The van der Waals surface area contributed by atoms with Gasteiger partial charge in [0, 0.05) is 0 Å². The average molecular weight is 387 g/mol. The standard InChI is InChI=1S/C14H12Cl2N4O3S/c1-7(24)17-4-9-5-20(14(21)22-9)8-2-10(15)12(11(16)3-8)13-18-6-19-23-13/h2-3,6,9H,4-5H2,1H3,(H,17,24). The van der Waals surface area contributed by atoms with Crippen LogP contribution in [-0.2, 0) is 4.74 Å². The highest BCUT2D eigenvalue weighted by Crippen LogP contribution is 2.38. The van der Waals surface area contributed by atoms with E-state index < -0.39 is 6.09 Å². The zero-order chi connectivity index (χ0) is 17.3. The summed E-state index contributed by atoms with van der Waals surface area (Å²) in [4.78, 5) is 18.1. The molecule has 3 rings (SSSR count). The van der Waals surface area contributed by atoms with Crippen molar-refractivity contribution >= 4 is 52.2 Å². The van der Waals surface area contributed by atoms with Crippen LogP contribution in [0.2, 0.25) is 10.0 Å². The van der Waals surface area contributed by atoms with Gasteiger partial charge in [0.05, 0.1) is 39.4 Å². The molecule has 1 aromatic carbocycles. The number of amides is 1. The molecule has 1 saturated heterocycles. The fraction of sp³-hybridized carbons (Fsp3) is 0.286. The predicted octanol–water partition coefficient (Wildman–Crippen LogP) is 3.31. The third kappa shape index (κ3) is 3.45. The number of cyclic esters (lactones) is 1. The van der Waals surface area contributed by atoms with Gasteiger partial charge < -0.3 is 14.6 Å². The highest BCUT2D eigenvalue weighted by atomic mass is 35.5. The van der Waals surface area contributed by atoms with Crippen LogP contribution in [0.4, 0.5) is 10.5 Å². The quantitative estimate of drug-likeness (QED) is 0.807. The lowest BCUT2D eigenvalue weighted by Gasteiger charge is -2.15. The summed E-state index contributed by atoms with van der Waals surface area (Å²) in [6, 6.07) is 3.21. The lowest BCUT2D eigenvalue weighted by atomic mass is 10.2. The number of hydrogen-bond donors (Lipinski definition) is 1. The molecule has 0 bridgehead atoms. The summed E-state index contributed by atoms with van der Waals surface area (Å²) in [6.07, 6.45) is 0.466. The third-order valence-electron chi connectivity index (χ3n) is 3.37. The number of ether oxygens (including phenoxy) is 1. The number of benzene rings is 1. The number of aromatic nitrogens is 2. The molecule has 7 nitrogen and oxygen atoms in total. The predicted molar refractivity (Wildman–Crippen MR) is 93.6 cm³/mol. The lowest BCUT2D eigenvalue weighted by Crippen LogP contribution is -2.32. The maximum atomic E-state index is 12.1. The fourth-order valence-electron chi connectivity index (χ4n) is 2.30. The van der Waals surface area contributed by atoms with E-state index in [1.54, 1.807) is 19.1 Å². The Labute approximate surface area is 152 Å². The fourth-order valence-corrected chi connectivity index (χ4v) is 3.02. The summed E-state index contributed by atoms with van der Waals surface area (Å²) < 4.78 is 10.3. The Balaban J connectivity index is 1.83. The SMILES string of the molecule is CC(=S)NCC1CN(c2cc(Cl)c(-c3ncno3)c(Cl)c2)C(=O)O1. The van der Waals surface area contributed by atoms with Crippen molar-refractivity contribution in [3.63, 3.8) is 0 Å². The van der Waals surface area contributed by atoms with E-state index in [4.69, 9.17) is 44.7 Å². The second kappa shape index (κ2) is 6.92. The summed E-state index contributed by atoms with van der Waals surface area (Å²) in [5.41, 5.74) is 0.946. The number of nitrogens with one attached hydrogen (secondary N) is 1. The monoisotopic (exact) mass is 386 g/mol. The number of hydrogen-bond acceptors (Lipinski definition) is 6. The van der Waals surface area contributed by atoms with Crippen LogP contribution >= 0.6 is 35.4 Å². The van der Waals surface area contributed by atoms with Gasteiger partial charge in [0.15, 0.2) is 6.33 Å². The number of thiocarbonyl (C=S) groups is 1. The highest BCUT2D eigenvalue weighted by Gasteiger charge is 2.33. The Hall–Kier alpha value is -1.90. The van der Waals surface area contributed by atoms with E-state index in [-0.39, 0.29) is 12.0 Å². The van der Waals surface area contributed by atoms with E-state index in [1.807, 2.05) is 0 Å². The molecule has 1 amide bonds. The zero-order valence-electron chi connectivity index (χ0n) is 12.5. The van der Waals surface area contributed by atoms with Crippen molar-refractivity contribution < 1.29 is 14.1 Å². The third-order valence-corrected chi connectivity index (χ3v) is 4.11. The number of halogens is 2. The molecular formula is C14H12Cl2N4O3S. The van der Waals surface area contributed by atoms with E-state index in [9.17, 15) is 4.79 Å². The average Bonchev–Trinajstić information content (AvgIpc) is 3.14. The largest absolute Gasteiger partial charge is 0.442 e. The molecule has 1 aliphatic rings. The molecule has 1 N–H and O–H groups in total. The Morgan fingerprint density at radius 3 is 2.75 bits per heavy atom. The summed E-state index contributed by atoms with van der Waals surface area (Å²) in [5, 5.41) is 7.10. The topological polar surface area (TPSA) is 80.5 Å². The first kappa shape index (κ1) is 16.9. The van der Waals surface area contributed by atoms with Gasteiger partial charge in [-0.05, 0) is 19.1 Å². The summed E-state index contributed by atoms with van der Waals surface area (Å²) in [6.45, 7) is 2.57. The molecule has 126 valence electrons. The minimum Gasteiger partial charge on any atom is -0.442 e. The zero-order valence-corrected chi connectivity index (χ0v) is 14.8. The van der Waals surface area contributed by atoms with Crippen LogP contribution in [0, 0.1) is 0 Å². The molecule has 0 spiro atoms. The summed E-state index contributed by atoms with van der Waals surface area (Å²) in [5.74, 6) is 0.207. The van der Waals surface area contributed by atoms with Gasteiger partial charge in [0.25, 0.3) is 5.89 Å². The number of carbonyl (C=O) groups is 1. The summed E-state index contributed by atoms with van der Waals surface area (Å²) >= 11 is 17.5. The van der Waals surface area contributed by atoms with Gasteiger partial charge in [0.2, 0.25) is 0 Å². The molecule has 1 atom stereocenters. The Morgan fingerprint density at radius 2 is 2.17 bits per heavy atom. The second-order valence-electron chi connectivity index (χ2n) is 5.08. The molecular weight excluding hydrogens is 375 g/mol. The van der Waals surface area contributed by atoms with Gasteiger partial charge in [-0.3, -0.25) is 4.90 Å². The van der Waals surface area contributed by atoms with Crippen LogP contribution in [0.15, 0.2) is 23.0 Å². The Morgan fingerprint density at radius 1 is 1.46 bits per heavy atom. The van der Waals surface area contributed by atoms with Gasteiger partial charge in [-0.2, -0.15) is 4.98 Å². The first-order valence-corrected chi connectivity index (χ1v) is 8.11. The van der Waals surface area contributed by atoms with Crippen molar-refractivity contribution in [2.75, 3.05) is 18.0 Å².